The van der Waals surface area contributed by atoms with Crippen molar-refractivity contribution in [2.24, 2.45) is 0 Å². The van der Waals surface area contributed by atoms with Crippen molar-refractivity contribution in [3.8, 4) is 56.0 Å². The first kappa shape index (κ1) is 53.1. The molecule has 2 heterocycles. The topological polar surface area (TPSA) is 40.6 Å². The number of aromatic nitrogens is 1. The second kappa shape index (κ2) is 21.6. The molecule has 1 N–H and O–H groups in total. The summed E-state index contributed by atoms with van der Waals surface area (Å²) in [6, 6.07) is 66.5. The molecular weight excluding hydrogens is 1170 g/mol. The van der Waals surface area contributed by atoms with Gasteiger partial charge in [0, 0.05) is 82.3 Å². The average Bonchev–Trinajstić information content (AvgIpc) is 1.47. The number of anilines is 6. The van der Waals surface area contributed by atoms with Crippen LogP contribution < -0.4 is 19.9 Å². The zero-order chi connectivity index (χ0) is 59.0. The van der Waals surface area contributed by atoms with E-state index in [1.54, 1.807) is 12.3 Å². The predicted octanol–water partition coefficient (Wildman–Crippen LogP) is 20.8. The maximum atomic E-state index is 8.84. The first-order valence-corrected chi connectivity index (χ1v) is 28.3. The van der Waals surface area contributed by atoms with E-state index >= 15 is 0 Å². The fraction of sp³-hybridized carbons (Fsp3) is 0.280. The van der Waals surface area contributed by atoms with E-state index in [2.05, 4.69) is 257 Å². The van der Waals surface area contributed by atoms with Crippen molar-refractivity contribution in [3.63, 3.8) is 0 Å². The van der Waals surface area contributed by atoms with Crippen LogP contribution in [0.3, 0.4) is 0 Å². The van der Waals surface area contributed by atoms with Gasteiger partial charge in [0.05, 0.1) is 0 Å². The molecule has 0 saturated heterocycles. The molecule has 0 bridgehead atoms. The summed E-state index contributed by atoms with van der Waals surface area (Å²) in [5.74, 6) is 1.55. The number of aryl methyl sites for hydroxylation is 1. The van der Waals surface area contributed by atoms with Crippen LogP contribution in [0.25, 0.3) is 44.5 Å². The minimum Gasteiger partial charge on any atom is -0.509 e. The summed E-state index contributed by atoms with van der Waals surface area (Å²) in [4.78, 5) is 9.50. The van der Waals surface area contributed by atoms with Crippen LogP contribution in [0.2, 0.25) is 0 Å². The van der Waals surface area contributed by atoms with Crippen molar-refractivity contribution in [3.05, 3.63) is 228 Å². The molecule has 416 valence electrons. The molecule has 0 spiro atoms. The van der Waals surface area contributed by atoms with Crippen molar-refractivity contribution in [1.29, 1.82) is 0 Å². The molecule has 81 heavy (non-hydrogen) atoms. The van der Waals surface area contributed by atoms with Crippen LogP contribution in [0.15, 0.2) is 176 Å². The molecule has 0 amide bonds. The zero-order valence-electron chi connectivity index (χ0n) is 52.3. The maximum absolute atomic E-state index is 8.84. The van der Waals surface area contributed by atoms with E-state index < -0.39 is 6.85 Å². The van der Waals surface area contributed by atoms with Gasteiger partial charge in [-0.1, -0.05) is 205 Å². The number of hydrogen-bond acceptors (Lipinski definition) is 5. The van der Waals surface area contributed by atoms with Gasteiger partial charge >= 0.3 is 0 Å². The Morgan fingerprint density at radius 1 is 0.556 bits per heavy atom. The van der Waals surface area contributed by atoms with Gasteiger partial charge in [-0.3, -0.25) is 0 Å². The van der Waals surface area contributed by atoms with Gasteiger partial charge in [0.1, 0.15) is 5.82 Å². The van der Waals surface area contributed by atoms with Gasteiger partial charge in [-0.15, -0.1) is 48.3 Å². The van der Waals surface area contributed by atoms with Gasteiger partial charge in [-0.05, 0) is 121 Å². The molecule has 0 fully saturated rings. The summed E-state index contributed by atoms with van der Waals surface area (Å²) in [6.45, 7) is 29.3. The van der Waals surface area contributed by atoms with Crippen LogP contribution in [-0.2, 0) is 48.1 Å². The number of hydrogen-bond donors (Lipinski definition) is 1. The first-order chi connectivity index (χ1) is 39.1. The molecule has 8 aromatic carbocycles. The minimum absolute atomic E-state index is 0. The molecule has 0 unspecified atom stereocenters. The molecule has 1 aromatic heterocycles. The van der Waals surface area contributed by atoms with Crippen LogP contribution in [0.4, 0.5) is 34.3 Å². The number of benzene rings is 8. The fourth-order valence-electron chi connectivity index (χ4n) is 11.6. The third-order valence-corrected chi connectivity index (χ3v) is 16.5. The number of nitrogens with zero attached hydrogens (tertiary/aromatic N) is 3. The Morgan fingerprint density at radius 2 is 1.19 bits per heavy atom. The molecule has 0 saturated carbocycles. The summed E-state index contributed by atoms with van der Waals surface area (Å²) in [7, 11) is 0. The second-order valence-corrected chi connectivity index (χ2v) is 26.4. The Balaban J connectivity index is 0.00000786. The Labute approximate surface area is 502 Å². The molecule has 11 rings (SSSR count). The van der Waals surface area contributed by atoms with Crippen LogP contribution in [0.5, 0.6) is 11.5 Å². The van der Waals surface area contributed by atoms with E-state index in [0.717, 1.165) is 80.2 Å². The number of rotatable bonds is 10. The van der Waals surface area contributed by atoms with E-state index in [0.29, 0.717) is 22.9 Å². The van der Waals surface area contributed by atoms with E-state index in [1.807, 2.05) is 30.3 Å². The van der Waals surface area contributed by atoms with Gasteiger partial charge < -0.3 is 19.9 Å². The molecule has 1 aliphatic carbocycles. The quantitative estimate of drug-likeness (QED) is 0.138. The minimum atomic E-state index is -2.39. The maximum Gasteiger partial charge on any atom is 0.130 e. The average molecular weight is 1250 g/mol. The number of ether oxygens (including phenoxy) is 1. The molecule has 6 heteroatoms. The largest absolute Gasteiger partial charge is 0.509 e. The van der Waals surface area contributed by atoms with Crippen LogP contribution in [0, 0.1) is 25.7 Å². The van der Waals surface area contributed by atoms with E-state index in [4.69, 9.17) is 13.8 Å². The summed E-state index contributed by atoms with van der Waals surface area (Å²) in [6.07, 6.45) is 3.83. The van der Waals surface area contributed by atoms with Crippen LogP contribution in [0.1, 0.15) is 140 Å². The van der Waals surface area contributed by atoms with Gasteiger partial charge in [0.25, 0.3) is 0 Å². The van der Waals surface area contributed by atoms with Gasteiger partial charge in [-0.25, -0.2) is 4.98 Å². The second-order valence-electron chi connectivity index (χ2n) is 26.4. The Morgan fingerprint density at radius 3 is 1.85 bits per heavy atom. The summed E-state index contributed by atoms with van der Waals surface area (Å²) in [5, 5.41) is 3.59. The van der Waals surface area contributed by atoms with Crippen molar-refractivity contribution < 1.29 is 29.9 Å². The molecule has 2 aliphatic rings. The summed E-state index contributed by atoms with van der Waals surface area (Å²) < 4.78 is 33.1. The van der Waals surface area contributed by atoms with Crippen molar-refractivity contribution in [2.75, 3.05) is 15.1 Å². The summed E-state index contributed by atoms with van der Waals surface area (Å²) in [5.41, 5.74) is 18.9. The first-order valence-electron chi connectivity index (χ1n) is 29.8. The predicted molar refractivity (Wildman–Crippen MR) is 337 cm³/mol. The monoisotopic (exact) mass is 1250 g/mol. The molecule has 0 radical (unpaired) electrons. The Hall–Kier alpha value is -7.20. The standard InChI is InChI=1S/C75H77N4O.Pt/c1-49-41-68(76-47-63(49)62-29-22-30-64-69(62)75(13,14)40-39-74(64,11)12)77-65-45-53(71(2,3)4)35-38-59(65)51-33-36-57(37-34-51)80-58-26-20-25-56(46-58)78-48-79(67-32-19-18-31-66(67)78)70-60(50-23-16-15-17-24-50)27-21-28-61(70)52-42-54(72(5,6)7)44-55(43-52)73(8,9)10;/h15-36,38,41-45,47-48H,39-40H2,1-14H3,(H,76,77);/q-3;/i1D3;. The SMILES string of the molecule is [2H]C([2H])([2H])c1cc(Nc2cc(C(C)(C)C)ccc2-c2c[c-]c(Oc3[c-]c(N4[CH-]N(c5c(-c6ccccc6)cccc5-c5cc(C(C)(C)C)cc(C(C)(C)C)c5)c5ccccc54)ccc3)cc2)ncc1-c1cccc2c1C(C)(C)CCC2(C)C.[Pt]. The third kappa shape index (κ3) is 11.4. The number of para-hydroxylation sites is 3. The smallest absolute Gasteiger partial charge is 0.130 e. The van der Waals surface area contributed by atoms with Gasteiger partial charge in [-0.2, -0.15) is 18.2 Å². The third-order valence-electron chi connectivity index (χ3n) is 16.5. The van der Waals surface area contributed by atoms with Crippen molar-refractivity contribution in [1.82, 2.24) is 4.98 Å². The van der Waals surface area contributed by atoms with Crippen LogP contribution >= 0.6 is 0 Å². The molecule has 9 aromatic rings. The van der Waals surface area contributed by atoms with E-state index in [1.165, 1.54) is 27.8 Å². The fourth-order valence-corrected chi connectivity index (χ4v) is 11.6. The number of nitrogens with one attached hydrogen (secondary N) is 1. The molecular formula is C75H77N4OPt-3. The van der Waals surface area contributed by atoms with E-state index in [-0.39, 0.29) is 53.7 Å². The molecule has 5 nitrogen and oxygen atoms in total. The molecule has 0 atom stereocenters. The van der Waals surface area contributed by atoms with Crippen molar-refractivity contribution >= 4 is 34.3 Å². The van der Waals surface area contributed by atoms with Gasteiger partial charge in [0.15, 0.2) is 0 Å². The van der Waals surface area contributed by atoms with Crippen molar-refractivity contribution in [2.45, 2.75) is 137 Å². The molecule has 1 aliphatic heterocycles. The van der Waals surface area contributed by atoms with Gasteiger partial charge in [0.2, 0.25) is 0 Å². The zero-order valence-corrected chi connectivity index (χ0v) is 51.6. The summed E-state index contributed by atoms with van der Waals surface area (Å²) >= 11 is 0. The Bertz CT molecular complexity index is 3870. The van der Waals surface area contributed by atoms with E-state index in [9.17, 15) is 0 Å². The normalized spacial score (nSPS) is 15.4. The Kier molecular flexibility index (Phi) is 14.2. The van der Waals surface area contributed by atoms with Crippen LogP contribution in [-0.4, -0.2) is 4.98 Å². The number of pyridine rings is 1. The number of fused-ring (bicyclic) bond motifs is 2.